The first-order valence-electron chi connectivity index (χ1n) is 4.08. The summed E-state index contributed by atoms with van der Waals surface area (Å²) < 4.78 is 11.2. The van der Waals surface area contributed by atoms with Crippen LogP contribution in [-0.2, 0) is 9.47 Å². The third kappa shape index (κ3) is 2.42. The van der Waals surface area contributed by atoms with E-state index in [9.17, 15) is 0 Å². The number of halogens is 1. The van der Waals surface area contributed by atoms with E-state index in [2.05, 4.69) is 22.9 Å². The van der Waals surface area contributed by atoms with Gasteiger partial charge in [0.05, 0.1) is 12.7 Å². The smallest absolute Gasteiger partial charge is 0.165 e. The molecular formula is C8H15BrO2. The highest BCUT2D eigenvalue weighted by Gasteiger charge is 2.34. The Hall–Kier alpha value is 0.400. The fraction of sp³-hybridized carbons (Fsp3) is 1.00. The summed E-state index contributed by atoms with van der Waals surface area (Å²) >= 11 is 3.38. The fourth-order valence-corrected chi connectivity index (χ4v) is 1.65. The zero-order valence-electron chi connectivity index (χ0n) is 7.10. The molecule has 1 fully saturated rings. The van der Waals surface area contributed by atoms with Gasteiger partial charge in [0.2, 0.25) is 0 Å². The Balaban J connectivity index is 2.33. The van der Waals surface area contributed by atoms with E-state index in [0.29, 0.717) is 6.10 Å². The Morgan fingerprint density at radius 1 is 1.64 bits per heavy atom. The topological polar surface area (TPSA) is 18.5 Å². The summed E-state index contributed by atoms with van der Waals surface area (Å²) in [5.41, 5.74) is 0. The summed E-state index contributed by atoms with van der Waals surface area (Å²) in [5, 5.41) is 0.987. The molecule has 66 valence electrons. The molecule has 0 spiro atoms. The van der Waals surface area contributed by atoms with Gasteiger partial charge in [0.25, 0.3) is 0 Å². The second-order valence-corrected chi connectivity index (χ2v) is 3.81. The molecule has 11 heavy (non-hydrogen) atoms. The third-order valence-corrected chi connectivity index (χ3v) is 2.52. The number of hydrogen-bond acceptors (Lipinski definition) is 2. The highest BCUT2D eigenvalue weighted by Crippen LogP contribution is 2.27. The molecule has 1 saturated heterocycles. The van der Waals surface area contributed by atoms with Gasteiger partial charge in [0, 0.05) is 5.33 Å². The molecule has 1 rings (SSSR count). The average molecular weight is 223 g/mol. The lowest BCUT2D eigenvalue weighted by Crippen LogP contribution is -2.25. The highest BCUT2D eigenvalue weighted by atomic mass is 79.9. The summed E-state index contributed by atoms with van der Waals surface area (Å²) in [6, 6.07) is 0. The van der Waals surface area contributed by atoms with E-state index >= 15 is 0 Å². The van der Waals surface area contributed by atoms with Crippen LogP contribution < -0.4 is 0 Å². The zero-order valence-corrected chi connectivity index (χ0v) is 8.69. The first kappa shape index (κ1) is 9.49. The van der Waals surface area contributed by atoms with Gasteiger partial charge in [-0.3, -0.25) is 0 Å². The highest BCUT2D eigenvalue weighted by molar-refractivity contribution is 9.09. The van der Waals surface area contributed by atoms with E-state index in [4.69, 9.17) is 9.47 Å². The standard InChI is InChI=1S/C8H15BrO2/c1-3-8(2)10-6-7(11-8)4-5-9/h7H,3-6H2,1-2H3. The van der Waals surface area contributed by atoms with Crippen LogP contribution in [0.1, 0.15) is 26.7 Å². The van der Waals surface area contributed by atoms with Crippen LogP contribution in [0, 0.1) is 0 Å². The Labute approximate surface area is 76.4 Å². The van der Waals surface area contributed by atoms with E-state index in [0.717, 1.165) is 24.8 Å². The Bertz CT molecular complexity index is 129. The van der Waals surface area contributed by atoms with Crippen LogP contribution in [0.15, 0.2) is 0 Å². The molecule has 2 unspecified atom stereocenters. The van der Waals surface area contributed by atoms with Gasteiger partial charge in [-0.2, -0.15) is 0 Å². The Kier molecular flexibility index (Phi) is 3.34. The first-order chi connectivity index (χ1) is 5.20. The third-order valence-electron chi connectivity index (χ3n) is 2.06. The van der Waals surface area contributed by atoms with Crippen molar-refractivity contribution in [3.8, 4) is 0 Å². The van der Waals surface area contributed by atoms with E-state index in [1.807, 2.05) is 6.92 Å². The molecule has 0 aromatic carbocycles. The minimum atomic E-state index is -0.313. The Morgan fingerprint density at radius 2 is 2.36 bits per heavy atom. The molecule has 0 bridgehead atoms. The van der Waals surface area contributed by atoms with Gasteiger partial charge < -0.3 is 9.47 Å². The maximum Gasteiger partial charge on any atom is 0.165 e. The van der Waals surface area contributed by atoms with Crippen LogP contribution in [0.3, 0.4) is 0 Å². The molecule has 3 heteroatoms. The molecule has 0 aliphatic carbocycles. The minimum absolute atomic E-state index is 0.291. The lowest BCUT2D eigenvalue weighted by Gasteiger charge is -2.20. The van der Waals surface area contributed by atoms with Crippen molar-refractivity contribution in [2.24, 2.45) is 0 Å². The second-order valence-electron chi connectivity index (χ2n) is 3.02. The van der Waals surface area contributed by atoms with Crippen LogP contribution in [0.4, 0.5) is 0 Å². The zero-order chi connectivity index (χ0) is 8.32. The predicted octanol–water partition coefficient (Wildman–Crippen LogP) is 2.31. The van der Waals surface area contributed by atoms with E-state index in [1.165, 1.54) is 0 Å². The lowest BCUT2D eigenvalue weighted by molar-refractivity contribution is -0.155. The number of rotatable bonds is 3. The molecule has 0 aromatic heterocycles. The largest absolute Gasteiger partial charge is 0.348 e. The number of hydrogen-bond donors (Lipinski definition) is 0. The maximum absolute atomic E-state index is 5.69. The van der Waals surface area contributed by atoms with Crippen molar-refractivity contribution < 1.29 is 9.47 Å². The second kappa shape index (κ2) is 3.87. The van der Waals surface area contributed by atoms with E-state index in [-0.39, 0.29) is 5.79 Å². The fourth-order valence-electron chi connectivity index (χ4n) is 1.14. The summed E-state index contributed by atoms with van der Waals surface area (Å²) in [4.78, 5) is 0. The van der Waals surface area contributed by atoms with Gasteiger partial charge in [-0.05, 0) is 19.8 Å². The molecule has 1 aliphatic heterocycles. The summed E-state index contributed by atoms with van der Waals surface area (Å²) in [7, 11) is 0. The van der Waals surface area contributed by atoms with Gasteiger partial charge >= 0.3 is 0 Å². The molecule has 1 heterocycles. The van der Waals surface area contributed by atoms with Gasteiger partial charge in [-0.25, -0.2) is 0 Å². The summed E-state index contributed by atoms with van der Waals surface area (Å²) in [5.74, 6) is -0.313. The summed E-state index contributed by atoms with van der Waals surface area (Å²) in [6.45, 7) is 4.83. The molecule has 0 aromatic rings. The van der Waals surface area contributed by atoms with Crippen LogP contribution in [0.25, 0.3) is 0 Å². The van der Waals surface area contributed by atoms with E-state index in [1.54, 1.807) is 0 Å². The van der Waals surface area contributed by atoms with E-state index < -0.39 is 0 Å². The molecular weight excluding hydrogens is 208 g/mol. The van der Waals surface area contributed by atoms with Crippen LogP contribution in [0.5, 0.6) is 0 Å². The molecule has 0 radical (unpaired) electrons. The molecule has 1 aliphatic rings. The van der Waals surface area contributed by atoms with Crippen molar-refractivity contribution in [2.45, 2.75) is 38.6 Å². The maximum atomic E-state index is 5.69. The Morgan fingerprint density at radius 3 is 2.82 bits per heavy atom. The SMILES string of the molecule is CCC1(C)OCC(CCBr)O1. The van der Waals surface area contributed by atoms with Crippen molar-refractivity contribution in [3.63, 3.8) is 0 Å². The van der Waals surface area contributed by atoms with Crippen LogP contribution in [0.2, 0.25) is 0 Å². The van der Waals surface area contributed by atoms with Gasteiger partial charge in [-0.15, -0.1) is 0 Å². The quantitative estimate of drug-likeness (QED) is 0.683. The van der Waals surface area contributed by atoms with Crippen molar-refractivity contribution in [1.82, 2.24) is 0 Å². The van der Waals surface area contributed by atoms with Gasteiger partial charge in [0.1, 0.15) is 0 Å². The lowest BCUT2D eigenvalue weighted by atomic mass is 10.2. The van der Waals surface area contributed by atoms with Crippen molar-refractivity contribution >= 4 is 15.9 Å². The van der Waals surface area contributed by atoms with Crippen LogP contribution in [-0.4, -0.2) is 23.8 Å². The minimum Gasteiger partial charge on any atom is -0.348 e. The van der Waals surface area contributed by atoms with Crippen molar-refractivity contribution in [1.29, 1.82) is 0 Å². The van der Waals surface area contributed by atoms with Crippen molar-refractivity contribution in [2.75, 3.05) is 11.9 Å². The predicted molar refractivity (Wildman–Crippen MR) is 47.9 cm³/mol. The van der Waals surface area contributed by atoms with Crippen LogP contribution >= 0.6 is 15.9 Å². The number of alkyl halides is 1. The van der Waals surface area contributed by atoms with Gasteiger partial charge in [-0.1, -0.05) is 22.9 Å². The first-order valence-corrected chi connectivity index (χ1v) is 5.20. The molecule has 0 N–H and O–H groups in total. The molecule has 0 saturated carbocycles. The normalized spacial score (nSPS) is 37.9. The average Bonchev–Trinajstić information content (AvgIpc) is 2.35. The molecule has 2 nitrogen and oxygen atoms in total. The number of ether oxygens (including phenoxy) is 2. The monoisotopic (exact) mass is 222 g/mol. The van der Waals surface area contributed by atoms with Gasteiger partial charge in [0.15, 0.2) is 5.79 Å². The van der Waals surface area contributed by atoms with Crippen molar-refractivity contribution in [3.05, 3.63) is 0 Å². The molecule has 2 atom stereocenters. The molecule has 0 amide bonds. The summed E-state index contributed by atoms with van der Waals surface area (Å²) in [6.07, 6.45) is 2.25.